The van der Waals surface area contributed by atoms with E-state index in [4.69, 9.17) is 0 Å². The van der Waals surface area contributed by atoms with E-state index in [0.717, 1.165) is 12.1 Å². The fourth-order valence-electron chi connectivity index (χ4n) is 1.31. The zero-order valence-electron chi connectivity index (χ0n) is 9.88. The maximum absolute atomic E-state index is 12.1. The molecule has 0 radical (unpaired) electrons. The monoisotopic (exact) mass is 362 g/mol. The molecular formula is C11H8BrF5O3. The standard InChI is InChI=1S/C11H8BrF5O3/c1-5(12)9(18)6-2-7(19-10(13)14)4-8(3-6)20-11(15,16)17/h2-5,10H,1H3. The molecule has 1 rings (SSSR count). The molecule has 0 spiro atoms. The Morgan fingerprint density at radius 3 is 2.20 bits per heavy atom. The van der Waals surface area contributed by atoms with E-state index < -0.39 is 35.1 Å². The molecule has 9 heteroatoms. The zero-order chi connectivity index (χ0) is 15.5. The van der Waals surface area contributed by atoms with Crippen molar-refractivity contribution in [1.29, 1.82) is 0 Å². The first-order chi connectivity index (χ1) is 9.08. The van der Waals surface area contributed by atoms with Gasteiger partial charge in [-0.3, -0.25) is 4.79 Å². The SMILES string of the molecule is CC(Br)C(=O)c1cc(OC(F)F)cc(OC(F)(F)F)c1. The number of benzene rings is 1. The van der Waals surface area contributed by atoms with E-state index in [9.17, 15) is 26.7 Å². The van der Waals surface area contributed by atoms with Crippen LogP contribution in [0.15, 0.2) is 18.2 Å². The Morgan fingerprint density at radius 1 is 1.20 bits per heavy atom. The van der Waals surface area contributed by atoms with Crippen LogP contribution < -0.4 is 9.47 Å². The van der Waals surface area contributed by atoms with Crippen LogP contribution in [0.3, 0.4) is 0 Å². The van der Waals surface area contributed by atoms with Gasteiger partial charge >= 0.3 is 13.0 Å². The minimum absolute atomic E-state index is 0.244. The lowest BCUT2D eigenvalue weighted by atomic mass is 10.1. The number of carbonyl (C=O) groups excluding carboxylic acids is 1. The van der Waals surface area contributed by atoms with Crippen molar-refractivity contribution in [3.8, 4) is 11.5 Å². The molecule has 0 N–H and O–H groups in total. The Kier molecular flexibility index (Phi) is 5.32. The first kappa shape index (κ1) is 16.7. The normalized spacial score (nSPS) is 13.2. The molecule has 0 bridgehead atoms. The maximum Gasteiger partial charge on any atom is 0.573 e. The van der Waals surface area contributed by atoms with Gasteiger partial charge in [-0.1, -0.05) is 15.9 Å². The molecule has 0 saturated carbocycles. The lowest BCUT2D eigenvalue weighted by Crippen LogP contribution is -2.18. The molecule has 0 aliphatic carbocycles. The molecular weight excluding hydrogens is 355 g/mol. The smallest absolute Gasteiger partial charge is 0.435 e. The van der Waals surface area contributed by atoms with Crippen molar-refractivity contribution in [2.24, 2.45) is 0 Å². The minimum Gasteiger partial charge on any atom is -0.435 e. The summed E-state index contributed by atoms with van der Waals surface area (Å²) in [5.74, 6) is -2.01. The van der Waals surface area contributed by atoms with Gasteiger partial charge in [-0.25, -0.2) is 0 Å². The van der Waals surface area contributed by atoms with Crippen molar-refractivity contribution in [1.82, 2.24) is 0 Å². The predicted octanol–water partition coefficient (Wildman–Crippen LogP) is 4.15. The van der Waals surface area contributed by atoms with E-state index in [1.807, 2.05) is 0 Å². The van der Waals surface area contributed by atoms with Gasteiger partial charge in [0.15, 0.2) is 5.78 Å². The van der Waals surface area contributed by atoms with Crippen molar-refractivity contribution >= 4 is 21.7 Å². The van der Waals surface area contributed by atoms with Crippen molar-refractivity contribution < 1.29 is 36.2 Å². The number of hydrogen-bond donors (Lipinski definition) is 0. The summed E-state index contributed by atoms with van der Waals surface area (Å²) in [6.07, 6.45) is -5.01. The highest BCUT2D eigenvalue weighted by atomic mass is 79.9. The first-order valence-corrected chi connectivity index (χ1v) is 6.04. The van der Waals surface area contributed by atoms with Gasteiger partial charge in [0.05, 0.1) is 4.83 Å². The number of halogens is 6. The zero-order valence-corrected chi connectivity index (χ0v) is 11.5. The topological polar surface area (TPSA) is 35.5 Å². The van der Waals surface area contributed by atoms with Crippen LogP contribution in [-0.4, -0.2) is 23.6 Å². The molecule has 3 nitrogen and oxygen atoms in total. The number of rotatable bonds is 5. The molecule has 0 heterocycles. The molecule has 1 unspecified atom stereocenters. The third-order valence-corrected chi connectivity index (χ3v) is 2.40. The Morgan fingerprint density at radius 2 is 1.75 bits per heavy atom. The van der Waals surface area contributed by atoms with Gasteiger partial charge in [0.2, 0.25) is 0 Å². The summed E-state index contributed by atoms with van der Waals surface area (Å²) in [5.41, 5.74) is -0.244. The summed E-state index contributed by atoms with van der Waals surface area (Å²) < 4.78 is 68.2. The summed E-state index contributed by atoms with van der Waals surface area (Å²) in [5, 5.41) is 0. The van der Waals surface area contributed by atoms with Crippen LogP contribution in [0.25, 0.3) is 0 Å². The molecule has 0 amide bonds. The first-order valence-electron chi connectivity index (χ1n) is 5.12. The van der Waals surface area contributed by atoms with Gasteiger partial charge in [0.1, 0.15) is 11.5 Å². The third kappa shape index (κ3) is 5.32. The second-order valence-corrected chi connectivity index (χ2v) is 4.97. The molecule has 0 fully saturated rings. The van der Waals surface area contributed by atoms with Crippen molar-refractivity contribution in [3.05, 3.63) is 23.8 Å². The van der Waals surface area contributed by atoms with E-state index in [0.29, 0.717) is 6.07 Å². The average molecular weight is 363 g/mol. The second kappa shape index (κ2) is 6.38. The highest BCUT2D eigenvalue weighted by molar-refractivity contribution is 9.10. The summed E-state index contributed by atoms with van der Waals surface area (Å²) in [6.45, 7) is -1.80. The number of ketones is 1. The highest BCUT2D eigenvalue weighted by Crippen LogP contribution is 2.30. The average Bonchev–Trinajstić information content (AvgIpc) is 2.23. The van der Waals surface area contributed by atoms with Gasteiger partial charge in [-0.05, 0) is 19.1 Å². The van der Waals surface area contributed by atoms with Crippen LogP contribution >= 0.6 is 15.9 Å². The summed E-state index contributed by atoms with van der Waals surface area (Å²) in [4.78, 5) is 11.0. The highest BCUT2D eigenvalue weighted by Gasteiger charge is 2.32. The third-order valence-electron chi connectivity index (χ3n) is 1.98. The Labute approximate surface area is 118 Å². The van der Waals surface area contributed by atoms with E-state index >= 15 is 0 Å². The Balaban J connectivity index is 3.17. The number of carbonyl (C=O) groups is 1. The fraction of sp³-hybridized carbons (Fsp3) is 0.364. The molecule has 0 saturated heterocycles. The van der Waals surface area contributed by atoms with Crippen molar-refractivity contribution in [2.45, 2.75) is 24.7 Å². The molecule has 1 aromatic rings. The number of hydrogen-bond acceptors (Lipinski definition) is 3. The summed E-state index contributed by atoms with van der Waals surface area (Å²) in [7, 11) is 0. The summed E-state index contributed by atoms with van der Waals surface area (Å²) in [6, 6.07) is 2.33. The maximum atomic E-state index is 12.1. The van der Waals surface area contributed by atoms with E-state index in [1.54, 1.807) is 0 Å². The quantitative estimate of drug-likeness (QED) is 0.448. The lowest BCUT2D eigenvalue weighted by molar-refractivity contribution is -0.274. The van der Waals surface area contributed by atoms with Crippen LogP contribution in [-0.2, 0) is 0 Å². The lowest BCUT2D eigenvalue weighted by Gasteiger charge is -2.13. The molecule has 1 aromatic carbocycles. The largest absolute Gasteiger partial charge is 0.573 e. The molecule has 0 aliphatic heterocycles. The van der Waals surface area contributed by atoms with Gasteiger partial charge in [-0.15, -0.1) is 13.2 Å². The van der Waals surface area contributed by atoms with E-state index in [2.05, 4.69) is 25.4 Å². The molecule has 20 heavy (non-hydrogen) atoms. The van der Waals surface area contributed by atoms with Gasteiger partial charge < -0.3 is 9.47 Å². The molecule has 1 atom stereocenters. The number of alkyl halides is 6. The minimum atomic E-state index is -5.01. The van der Waals surface area contributed by atoms with Crippen LogP contribution in [0.1, 0.15) is 17.3 Å². The second-order valence-electron chi connectivity index (χ2n) is 3.60. The number of ether oxygens (including phenoxy) is 2. The molecule has 0 aromatic heterocycles. The van der Waals surface area contributed by atoms with Crippen LogP contribution in [0.5, 0.6) is 11.5 Å². The summed E-state index contributed by atoms with van der Waals surface area (Å²) >= 11 is 2.94. The van der Waals surface area contributed by atoms with Crippen LogP contribution in [0, 0.1) is 0 Å². The molecule has 0 aliphatic rings. The molecule has 112 valence electrons. The van der Waals surface area contributed by atoms with Gasteiger partial charge in [0, 0.05) is 11.6 Å². The Hall–Kier alpha value is -1.38. The predicted molar refractivity (Wildman–Crippen MR) is 62.5 cm³/mol. The number of Topliss-reactive ketones (excluding diaryl/α,β-unsaturated/α-hetero) is 1. The van der Waals surface area contributed by atoms with Crippen molar-refractivity contribution in [2.75, 3.05) is 0 Å². The van der Waals surface area contributed by atoms with Crippen LogP contribution in [0.4, 0.5) is 22.0 Å². The van der Waals surface area contributed by atoms with Gasteiger partial charge in [0.25, 0.3) is 0 Å². The van der Waals surface area contributed by atoms with E-state index in [1.165, 1.54) is 6.92 Å². The van der Waals surface area contributed by atoms with Gasteiger partial charge in [-0.2, -0.15) is 8.78 Å². The van der Waals surface area contributed by atoms with Crippen molar-refractivity contribution in [3.63, 3.8) is 0 Å². The fourth-order valence-corrected chi connectivity index (χ4v) is 1.57. The van der Waals surface area contributed by atoms with E-state index in [-0.39, 0.29) is 5.56 Å². The Bertz CT molecular complexity index is 487. The van der Waals surface area contributed by atoms with Crippen LogP contribution in [0.2, 0.25) is 0 Å².